The summed E-state index contributed by atoms with van der Waals surface area (Å²) in [6, 6.07) is 17.2. The van der Waals surface area contributed by atoms with Crippen molar-refractivity contribution >= 4 is 10.0 Å². The highest BCUT2D eigenvalue weighted by Crippen LogP contribution is 2.47. The van der Waals surface area contributed by atoms with E-state index in [9.17, 15) is 8.42 Å². The lowest BCUT2D eigenvalue weighted by Gasteiger charge is -2.39. The van der Waals surface area contributed by atoms with Gasteiger partial charge < -0.3 is 4.74 Å². The van der Waals surface area contributed by atoms with Crippen LogP contribution in [0.25, 0.3) is 0 Å². The normalized spacial score (nSPS) is 24.3. The van der Waals surface area contributed by atoms with E-state index in [1.54, 1.807) is 16.4 Å². The summed E-state index contributed by atoms with van der Waals surface area (Å²) in [5.74, 6) is 0. The topological polar surface area (TPSA) is 49.9 Å². The van der Waals surface area contributed by atoms with E-state index in [0.717, 1.165) is 30.6 Å². The Morgan fingerprint density at radius 3 is 2.38 bits per heavy atom. The van der Waals surface area contributed by atoms with E-state index in [1.165, 1.54) is 0 Å². The van der Waals surface area contributed by atoms with Crippen molar-refractivity contribution in [1.29, 1.82) is 0 Å². The molecule has 5 nitrogen and oxygen atoms in total. The van der Waals surface area contributed by atoms with Crippen LogP contribution in [0.5, 0.6) is 0 Å². The van der Waals surface area contributed by atoms with Crippen LogP contribution in [0, 0.1) is 0 Å². The van der Waals surface area contributed by atoms with Crippen molar-refractivity contribution in [3.05, 3.63) is 65.7 Å². The summed E-state index contributed by atoms with van der Waals surface area (Å²) < 4.78 is 34.2. The van der Waals surface area contributed by atoms with Crippen LogP contribution in [-0.2, 0) is 14.8 Å². The zero-order valence-corrected chi connectivity index (χ0v) is 15.7. The van der Waals surface area contributed by atoms with Crippen LogP contribution in [0.4, 0.5) is 0 Å². The van der Waals surface area contributed by atoms with E-state index in [-0.39, 0.29) is 12.2 Å². The van der Waals surface area contributed by atoms with Crippen LogP contribution in [0.1, 0.15) is 36.7 Å². The summed E-state index contributed by atoms with van der Waals surface area (Å²) in [5, 5.41) is 0. The number of morpholine rings is 1. The highest BCUT2D eigenvalue weighted by atomic mass is 32.2. The first-order valence-electron chi connectivity index (χ1n) is 9.14. The number of rotatable bonds is 4. The van der Waals surface area contributed by atoms with Gasteiger partial charge in [0, 0.05) is 18.7 Å². The summed E-state index contributed by atoms with van der Waals surface area (Å²) in [4.78, 5) is 2.67. The van der Waals surface area contributed by atoms with Crippen molar-refractivity contribution in [3.8, 4) is 0 Å². The van der Waals surface area contributed by atoms with Gasteiger partial charge in [-0.3, -0.25) is 4.90 Å². The molecule has 26 heavy (non-hydrogen) atoms. The molecule has 2 heterocycles. The van der Waals surface area contributed by atoms with Crippen molar-refractivity contribution in [3.63, 3.8) is 0 Å². The first-order chi connectivity index (χ1) is 12.6. The van der Waals surface area contributed by atoms with Gasteiger partial charge in [0.05, 0.1) is 24.2 Å². The molecule has 2 aliphatic rings. The fraction of sp³-hybridized carbons (Fsp3) is 0.400. The third-order valence-electron chi connectivity index (χ3n) is 5.26. The lowest BCUT2D eigenvalue weighted by Crippen LogP contribution is -2.46. The molecule has 0 spiro atoms. The Morgan fingerprint density at radius 1 is 1.04 bits per heavy atom. The fourth-order valence-corrected chi connectivity index (χ4v) is 6.13. The molecular weight excluding hydrogens is 348 g/mol. The maximum atomic E-state index is 13.5. The zero-order chi connectivity index (χ0) is 18.1. The van der Waals surface area contributed by atoms with E-state index >= 15 is 0 Å². The van der Waals surface area contributed by atoms with Crippen LogP contribution in [0.3, 0.4) is 0 Å². The molecule has 0 bridgehead atoms. The van der Waals surface area contributed by atoms with Crippen molar-refractivity contribution in [2.24, 2.45) is 0 Å². The molecule has 1 saturated heterocycles. The number of ether oxygens (including phenoxy) is 1. The standard InChI is InChI=1S/C20H24N2O3S/c1-2-18(16-8-4-3-5-9-16)22-20(21-12-14-25-15-13-21)17-10-6-7-11-19(17)26(22,23)24/h3-11,18,20H,2,12-15H2,1H3. The molecule has 4 rings (SSSR count). The second-order valence-corrected chi connectivity index (χ2v) is 8.54. The van der Waals surface area contributed by atoms with Crippen molar-refractivity contribution in [2.75, 3.05) is 26.3 Å². The molecular formula is C20H24N2O3S. The first-order valence-corrected chi connectivity index (χ1v) is 10.6. The molecule has 0 N–H and O–H groups in total. The molecule has 2 aromatic rings. The minimum absolute atomic E-state index is 0.193. The number of sulfonamides is 1. The number of benzene rings is 2. The Labute approximate surface area is 155 Å². The fourth-order valence-electron chi connectivity index (χ4n) is 4.07. The van der Waals surface area contributed by atoms with Crippen LogP contribution < -0.4 is 0 Å². The maximum Gasteiger partial charge on any atom is 0.245 e. The van der Waals surface area contributed by atoms with E-state index in [1.807, 2.05) is 49.4 Å². The second kappa shape index (κ2) is 7.12. The van der Waals surface area contributed by atoms with Crippen LogP contribution in [0.15, 0.2) is 59.5 Å². The van der Waals surface area contributed by atoms with Gasteiger partial charge in [0.1, 0.15) is 6.17 Å². The Hall–Kier alpha value is -1.73. The molecule has 138 valence electrons. The predicted molar refractivity (Wildman–Crippen MR) is 100 cm³/mol. The predicted octanol–water partition coefficient (Wildman–Crippen LogP) is 3.17. The smallest absolute Gasteiger partial charge is 0.245 e. The lowest BCUT2D eigenvalue weighted by atomic mass is 10.0. The molecule has 2 aliphatic heterocycles. The van der Waals surface area contributed by atoms with Gasteiger partial charge in [-0.25, -0.2) is 8.42 Å². The molecule has 0 amide bonds. The first kappa shape index (κ1) is 17.7. The van der Waals surface area contributed by atoms with Crippen molar-refractivity contribution < 1.29 is 13.2 Å². The molecule has 0 aromatic heterocycles. The van der Waals surface area contributed by atoms with E-state index < -0.39 is 10.0 Å². The van der Waals surface area contributed by atoms with Gasteiger partial charge in [-0.05, 0) is 18.1 Å². The maximum absolute atomic E-state index is 13.5. The summed E-state index contributed by atoms with van der Waals surface area (Å²) >= 11 is 0. The van der Waals surface area contributed by atoms with E-state index in [0.29, 0.717) is 18.1 Å². The molecule has 0 aliphatic carbocycles. The van der Waals surface area contributed by atoms with Gasteiger partial charge in [0.2, 0.25) is 10.0 Å². The second-order valence-electron chi connectivity index (χ2n) is 6.73. The summed E-state index contributed by atoms with van der Waals surface area (Å²) in [7, 11) is -3.55. The lowest BCUT2D eigenvalue weighted by molar-refractivity contribution is -0.0185. The van der Waals surface area contributed by atoms with Crippen LogP contribution in [0.2, 0.25) is 0 Å². The average molecular weight is 372 g/mol. The van der Waals surface area contributed by atoms with Crippen LogP contribution in [-0.4, -0.2) is 43.9 Å². The van der Waals surface area contributed by atoms with Crippen molar-refractivity contribution in [1.82, 2.24) is 9.21 Å². The van der Waals surface area contributed by atoms with E-state index in [2.05, 4.69) is 4.90 Å². The minimum Gasteiger partial charge on any atom is -0.379 e. The number of hydrogen-bond donors (Lipinski definition) is 0. The molecule has 2 aromatic carbocycles. The molecule has 2 atom stereocenters. The highest BCUT2D eigenvalue weighted by molar-refractivity contribution is 7.89. The zero-order valence-electron chi connectivity index (χ0n) is 14.9. The molecule has 0 saturated carbocycles. The number of hydrogen-bond acceptors (Lipinski definition) is 4. The Morgan fingerprint density at radius 2 is 1.69 bits per heavy atom. The van der Waals surface area contributed by atoms with Crippen molar-refractivity contribution in [2.45, 2.75) is 30.4 Å². The monoisotopic (exact) mass is 372 g/mol. The SMILES string of the molecule is CCC(c1ccccc1)N1C(N2CCOCC2)c2ccccc2S1(=O)=O. The molecule has 6 heteroatoms. The summed E-state index contributed by atoms with van der Waals surface area (Å²) in [6.45, 7) is 4.78. The molecule has 1 fully saturated rings. The Kier molecular flexibility index (Phi) is 4.84. The third-order valence-corrected chi connectivity index (χ3v) is 7.20. The number of nitrogens with zero attached hydrogens (tertiary/aromatic N) is 2. The van der Waals surface area contributed by atoms with Gasteiger partial charge in [-0.1, -0.05) is 55.5 Å². The third kappa shape index (κ3) is 2.87. The van der Waals surface area contributed by atoms with Crippen LogP contribution >= 0.6 is 0 Å². The van der Waals surface area contributed by atoms with Gasteiger partial charge in [-0.2, -0.15) is 4.31 Å². The molecule has 0 radical (unpaired) electrons. The Bertz CT molecular complexity index is 864. The van der Waals surface area contributed by atoms with E-state index in [4.69, 9.17) is 4.74 Å². The average Bonchev–Trinajstić information content (AvgIpc) is 2.92. The summed E-state index contributed by atoms with van der Waals surface area (Å²) in [6.07, 6.45) is 0.447. The van der Waals surface area contributed by atoms with Gasteiger partial charge in [-0.15, -0.1) is 0 Å². The van der Waals surface area contributed by atoms with Gasteiger partial charge in [0.25, 0.3) is 0 Å². The molecule has 2 unspecified atom stereocenters. The number of fused-ring (bicyclic) bond motifs is 1. The summed E-state index contributed by atoms with van der Waals surface area (Å²) in [5.41, 5.74) is 1.91. The quantitative estimate of drug-likeness (QED) is 0.827. The largest absolute Gasteiger partial charge is 0.379 e. The minimum atomic E-state index is -3.55. The van der Waals surface area contributed by atoms with Gasteiger partial charge in [0.15, 0.2) is 0 Å². The van der Waals surface area contributed by atoms with Gasteiger partial charge >= 0.3 is 0 Å². The highest BCUT2D eigenvalue weighted by Gasteiger charge is 2.48. The Balaban J connectivity index is 1.84.